The van der Waals surface area contributed by atoms with Crippen molar-refractivity contribution in [3.63, 3.8) is 0 Å². The minimum atomic E-state index is -0.250. The van der Waals surface area contributed by atoms with Gasteiger partial charge in [0.15, 0.2) is 0 Å². The fourth-order valence-corrected chi connectivity index (χ4v) is 2.24. The van der Waals surface area contributed by atoms with Gasteiger partial charge in [-0.1, -0.05) is 20.8 Å². The molecule has 2 aromatic rings. The SMILES string of the molecule is CC(C)(C)[NH-].Cl.Cl.[C-]1=CC=CC1.[Ti+2]=[C](c1ccccc1)c1ccccc1. The van der Waals surface area contributed by atoms with Crippen molar-refractivity contribution in [2.24, 2.45) is 0 Å². The predicted molar refractivity (Wildman–Crippen MR) is 116 cm³/mol. The van der Waals surface area contributed by atoms with Gasteiger partial charge in [0.1, 0.15) is 0 Å². The number of halogens is 2. The van der Waals surface area contributed by atoms with Crippen molar-refractivity contribution in [3.8, 4) is 0 Å². The van der Waals surface area contributed by atoms with Crippen molar-refractivity contribution >= 4 is 28.6 Å². The Labute approximate surface area is 182 Å². The van der Waals surface area contributed by atoms with Crippen LogP contribution in [0.4, 0.5) is 0 Å². The summed E-state index contributed by atoms with van der Waals surface area (Å²) in [7, 11) is 0. The fourth-order valence-electron chi connectivity index (χ4n) is 1.72. The van der Waals surface area contributed by atoms with E-state index in [0.29, 0.717) is 0 Å². The molecule has 0 saturated carbocycles. The van der Waals surface area contributed by atoms with Crippen molar-refractivity contribution in [3.05, 3.63) is 102 Å². The summed E-state index contributed by atoms with van der Waals surface area (Å²) in [5.41, 5.74) is 9.27. The molecule has 0 bridgehead atoms. The van der Waals surface area contributed by atoms with Crippen LogP contribution < -0.4 is 0 Å². The minimum absolute atomic E-state index is 0. The van der Waals surface area contributed by atoms with Gasteiger partial charge in [0, 0.05) is 0 Å². The van der Waals surface area contributed by atoms with Gasteiger partial charge in [-0.25, -0.2) is 12.2 Å². The molecule has 26 heavy (non-hydrogen) atoms. The Balaban J connectivity index is 0. The molecular formula is C22H27Cl2NTi. The normalized spacial score (nSPS) is 11.0. The Morgan fingerprint density at radius 2 is 1.27 bits per heavy atom. The molecule has 138 valence electrons. The summed E-state index contributed by atoms with van der Waals surface area (Å²) >= 11 is 2.16. The second-order valence-electron chi connectivity index (χ2n) is 6.36. The van der Waals surface area contributed by atoms with Crippen molar-refractivity contribution < 1.29 is 20.0 Å². The second kappa shape index (κ2) is 15.1. The van der Waals surface area contributed by atoms with Crippen molar-refractivity contribution in [1.29, 1.82) is 0 Å². The molecule has 4 heteroatoms. The van der Waals surface area contributed by atoms with E-state index in [-0.39, 0.29) is 30.4 Å². The molecule has 1 N–H and O–H groups in total. The van der Waals surface area contributed by atoms with Gasteiger partial charge in [-0.3, -0.25) is 6.08 Å². The third kappa shape index (κ3) is 14.2. The molecule has 0 saturated heterocycles. The summed E-state index contributed by atoms with van der Waals surface area (Å²) in [4.78, 5) is 0. The topological polar surface area (TPSA) is 23.8 Å². The number of rotatable bonds is 2. The van der Waals surface area contributed by atoms with Gasteiger partial charge in [0.2, 0.25) is 0 Å². The number of allylic oxidation sites excluding steroid dienone is 4. The quantitative estimate of drug-likeness (QED) is 0.375. The van der Waals surface area contributed by atoms with Gasteiger partial charge in [0.25, 0.3) is 0 Å². The van der Waals surface area contributed by atoms with Gasteiger partial charge in [-0.15, -0.1) is 36.8 Å². The molecule has 0 fully saturated rings. The summed E-state index contributed by atoms with van der Waals surface area (Å²) in [6.07, 6.45) is 10.0. The summed E-state index contributed by atoms with van der Waals surface area (Å²) in [6, 6.07) is 20.9. The Hall–Kier alpha value is -0.956. The average Bonchev–Trinajstić information content (AvgIpc) is 3.14. The second-order valence-corrected chi connectivity index (χ2v) is 7.14. The van der Waals surface area contributed by atoms with Crippen molar-refractivity contribution in [2.75, 3.05) is 0 Å². The molecule has 0 atom stereocenters. The molecule has 1 aliphatic carbocycles. The van der Waals surface area contributed by atoms with E-state index in [1.54, 1.807) is 0 Å². The van der Waals surface area contributed by atoms with Gasteiger partial charge in [-0.05, 0) is 0 Å². The molecule has 0 radical (unpaired) electrons. The molecule has 1 aliphatic rings. The van der Waals surface area contributed by atoms with Crippen LogP contribution in [0.3, 0.4) is 0 Å². The Morgan fingerprint density at radius 1 is 0.885 bits per heavy atom. The fraction of sp³-hybridized carbons (Fsp3) is 0.227. The zero-order chi connectivity index (χ0) is 17.8. The van der Waals surface area contributed by atoms with Gasteiger partial charge >= 0.3 is 95.6 Å². The van der Waals surface area contributed by atoms with E-state index in [9.17, 15) is 0 Å². The first-order valence-electron chi connectivity index (χ1n) is 8.04. The van der Waals surface area contributed by atoms with E-state index in [0.717, 1.165) is 6.42 Å². The zero-order valence-electron chi connectivity index (χ0n) is 15.5. The van der Waals surface area contributed by atoms with Crippen molar-refractivity contribution in [2.45, 2.75) is 32.7 Å². The molecule has 3 rings (SSSR count). The molecule has 1 nitrogen and oxygen atoms in total. The molecule has 0 aromatic heterocycles. The first-order chi connectivity index (χ1) is 11.4. The molecule has 2 aromatic carbocycles. The van der Waals surface area contributed by atoms with Crippen LogP contribution in [0.2, 0.25) is 0 Å². The van der Waals surface area contributed by atoms with Crippen LogP contribution in [-0.2, 0) is 20.0 Å². The maximum absolute atomic E-state index is 6.94. The summed E-state index contributed by atoms with van der Waals surface area (Å²) in [5.74, 6) is 0. The van der Waals surface area contributed by atoms with Crippen molar-refractivity contribution in [1.82, 2.24) is 0 Å². The van der Waals surface area contributed by atoms with Gasteiger partial charge < -0.3 is 5.73 Å². The van der Waals surface area contributed by atoms with Crippen LogP contribution >= 0.6 is 24.8 Å². The number of hydrogen-bond donors (Lipinski definition) is 0. The molecule has 0 spiro atoms. The standard InChI is InChI=1S/C13H10.C5H5.C4H10N.2ClH.Ti/c1-3-7-12(8-4-1)11-13-9-5-2-6-10-13;1-2-4-5-3-1;1-4(2,3)5;;;/h1-10H;1-3H,4H2;5H,1-3H3;2*1H;/q;2*-1;;;+2. The van der Waals surface area contributed by atoms with Crippen LogP contribution in [-0.4, -0.2) is 9.35 Å². The summed E-state index contributed by atoms with van der Waals surface area (Å²) in [5, 5.41) is 0. The molecule has 0 amide bonds. The summed E-state index contributed by atoms with van der Waals surface area (Å²) in [6.45, 7) is 5.56. The summed E-state index contributed by atoms with van der Waals surface area (Å²) < 4.78 is 1.33. The number of nitrogens with one attached hydrogen (secondary N) is 1. The predicted octanol–water partition coefficient (Wildman–Crippen LogP) is 6.79. The molecular weight excluding hydrogens is 397 g/mol. The van der Waals surface area contributed by atoms with E-state index >= 15 is 0 Å². The third-order valence-corrected chi connectivity index (χ3v) is 3.61. The third-order valence-electron chi connectivity index (χ3n) is 2.71. The van der Waals surface area contributed by atoms with Crippen LogP contribution in [0.15, 0.2) is 78.9 Å². The first kappa shape index (κ1) is 27.3. The van der Waals surface area contributed by atoms with E-state index < -0.39 is 0 Å². The number of benzene rings is 2. The Bertz CT molecular complexity index is 602. The zero-order valence-corrected chi connectivity index (χ0v) is 18.7. The average molecular weight is 424 g/mol. The first-order valence-corrected chi connectivity index (χ1v) is 8.82. The monoisotopic (exact) mass is 423 g/mol. The van der Waals surface area contributed by atoms with Crippen LogP contribution in [0.25, 0.3) is 5.73 Å². The molecule has 0 unspecified atom stereocenters. The Kier molecular flexibility index (Phi) is 15.9. The number of hydrogen-bond acceptors (Lipinski definition) is 0. The van der Waals surface area contributed by atoms with E-state index in [1.807, 2.05) is 45.1 Å². The molecule has 0 heterocycles. The maximum atomic E-state index is 6.94. The van der Waals surface area contributed by atoms with Crippen LogP contribution in [0.1, 0.15) is 38.3 Å². The van der Waals surface area contributed by atoms with E-state index in [2.05, 4.69) is 80.7 Å². The van der Waals surface area contributed by atoms with E-state index in [1.165, 1.54) is 14.9 Å². The van der Waals surface area contributed by atoms with E-state index in [4.69, 9.17) is 5.73 Å². The molecule has 0 aliphatic heterocycles. The van der Waals surface area contributed by atoms with Crippen LogP contribution in [0, 0.1) is 6.08 Å². The Morgan fingerprint density at radius 3 is 1.50 bits per heavy atom. The van der Waals surface area contributed by atoms with Crippen LogP contribution in [0.5, 0.6) is 0 Å². The van der Waals surface area contributed by atoms with Gasteiger partial charge in [0.05, 0.1) is 0 Å². The van der Waals surface area contributed by atoms with Gasteiger partial charge in [-0.2, -0.15) is 6.08 Å².